The molecule has 0 unspecified atom stereocenters. The maximum absolute atomic E-state index is 6.21. The van der Waals surface area contributed by atoms with Crippen LogP contribution in [0.15, 0.2) is 91.3 Å². The fourth-order valence-electron chi connectivity index (χ4n) is 5.39. The molecule has 182 valence electrons. The van der Waals surface area contributed by atoms with E-state index in [4.69, 9.17) is 21.9 Å². The normalized spacial score (nSPS) is 20.0. The van der Waals surface area contributed by atoms with Gasteiger partial charge in [0.1, 0.15) is 11.8 Å². The topological polar surface area (TPSA) is 42.3 Å². The van der Waals surface area contributed by atoms with E-state index in [0.717, 1.165) is 41.4 Å². The molecule has 36 heavy (non-hydrogen) atoms. The third-order valence-corrected chi connectivity index (χ3v) is 7.53. The van der Waals surface area contributed by atoms with Gasteiger partial charge in [-0.05, 0) is 105 Å². The highest BCUT2D eigenvalue weighted by Gasteiger charge is 2.42. The van der Waals surface area contributed by atoms with E-state index in [0.29, 0.717) is 11.2 Å². The summed E-state index contributed by atoms with van der Waals surface area (Å²) in [4.78, 5) is 6.91. The molecule has 6 heteroatoms. The zero-order valence-corrected chi connectivity index (χ0v) is 21.2. The number of rotatable bonds is 6. The van der Waals surface area contributed by atoms with E-state index >= 15 is 0 Å². The molecule has 2 aliphatic rings. The Labute approximate surface area is 217 Å². The van der Waals surface area contributed by atoms with Crippen molar-refractivity contribution in [2.24, 2.45) is 0 Å². The summed E-state index contributed by atoms with van der Waals surface area (Å²) >= 11 is 5.92. The van der Waals surface area contributed by atoms with Crippen molar-refractivity contribution in [3.63, 3.8) is 0 Å². The highest BCUT2D eigenvalue weighted by atomic mass is 32.1. The Kier molecular flexibility index (Phi) is 6.20. The first-order chi connectivity index (χ1) is 17.7. The fraction of sp³-hybridized carbons (Fsp3) is 0.267. The average Bonchev–Trinajstić information content (AvgIpc) is 3.66. The number of ether oxygens (including phenoxy) is 1. The molecule has 1 N–H and O–H groups in total. The van der Waals surface area contributed by atoms with Crippen molar-refractivity contribution in [3.05, 3.63) is 108 Å². The predicted molar refractivity (Wildman–Crippen MR) is 148 cm³/mol. The van der Waals surface area contributed by atoms with Gasteiger partial charge in [0.2, 0.25) is 0 Å². The Hall–Kier alpha value is -3.64. The second-order valence-corrected chi connectivity index (χ2v) is 10.0. The summed E-state index contributed by atoms with van der Waals surface area (Å²) in [6, 6.07) is 27.1. The molecule has 0 bridgehead atoms. The Bertz CT molecular complexity index is 1330. The van der Waals surface area contributed by atoms with Gasteiger partial charge in [-0.25, -0.2) is 0 Å². The molecule has 0 amide bonds. The van der Waals surface area contributed by atoms with E-state index in [2.05, 4.69) is 94.6 Å². The zero-order chi connectivity index (χ0) is 24.5. The summed E-state index contributed by atoms with van der Waals surface area (Å²) in [7, 11) is 0. The van der Waals surface area contributed by atoms with Gasteiger partial charge in [-0.15, -0.1) is 0 Å². The minimum Gasteiger partial charge on any atom is -0.490 e. The first-order valence-electron chi connectivity index (χ1n) is 12.7. The Balaban J connectivity index is 1.39. The van der Waals surface area contributed by atoms with Gasteiger partial charge >= 0.3 is 0 Å². The van der Waals surface area contributed by atoms with Gasteiger partial charge < -0.3 is 19.5 Å². The number of nitrogens with one attached hydrogen (secondary N) is 1. The number of benzene rings is 2. The number of pyridine rings is 1. The molecule has 6 rings (SSSR count). The maximum atomic E-state index is 6.21. The van der Waals surface area contributed by atoms with E-state index < -0.39 is 0 Å². The van der Waals surface area contributed by atoms with Gasteiger partial charge in [-0.3, -0.25) is 4.98 Å². The fourth-order valence-corrected chi connectivity index (χ4v) is 5.74. The molecular weight excluding hydrogens is 464 g/mol. The number of anilines is 1. The summed E-state index contributed by atoms with van der Waals surface area (Å²) in [5.74, 6) is 0.921. The van der Waals surface area contributed by atoms with Crippen molar-refractivity contribution in [1.29, 1.82) is 0 Å². The lowest BCUT2D eigenvalue weighted by atomic mass is 10.0. The largest absolute Gasteiger partial charge is 0.490 e. The third-order valence-electron chi connectivity index (χ3n) is 7.21. The minimum absolute atomic E-state index is 0.0784. The molecular formula is C30H30N4OS. The summed E-state index contributed by atoms with van der Waals surface area (Å²) in [6.07, 6.45) is 9.10. The van der Waals surface area contributed by atoms with Crippen LogP contribution >= 0.6 is 12.2 Å². The van der Waals surface area contributed by atoms with Crippen molar-refractivity contribution in [1.82, 2.24) is 14.9 Å². The van der Waals surface area contributed by atoms with Crippen molar-refractivity contribution in [3.8, 4) is 11.4 Å². The van der Waals surface area contributed by atoms with Crippen LogP contribution in [0.4, 0.5) is 5.69 Å². The molecule has 2 fully saturated rings. The quantitative estimate of drug-likeness (QED) is 0.303. The van der Waals surface area contributed by atoms with Crippen molar-refractivity contribution in [2.75, 3.05) is 4.90 Å². The van der Waals surface area contributed by atoms with Crippen LogP contribution in [0.3, 0.4) is 0 Å². The van der Waals surface area contributed by atoms with E-state index in [-0.39, 0.29) is 12.1 Å². The van der Waals surface area contributed by atoms with Crippen LogP contribution in [-0.4, -0.2) is 20.8 Å². The smallest absolute Gasteiger partial charge is 0.174 e. The molecule has 5 nitrogen and oxygen atoms in total. The lowest BCUT2D eigenvalue weighted by molar-refractivity contribution is 0.210. The number of hydrogen-bond acceptors (Lipinski definition) is 3. The van der Waals surface area contributed by atoms with E-state index in [1.54, 1.807) is 0 Å². The van der Waals surface area contributed by atoms with Crippen LogP contribution < -0.4 is 15.0 Å². The van der Waals surface area contributed by atoms with Crippen molar-refractivity contribution in [2.45, 2.75) is 50.8 Å². The second kappa shape index (κ2) is 9.78. The minimum atomic E-state index is -0.0905. The molecule has 4 aromatic rings. The Morgan fingerprint density at radius 1 is 0.889 bits per heavy atom. The molecule has 2 aromatic carbocycles. The van der Waals surface area contributed by atoms with Crippen LogP contribution in [0, 0.1) is 6.92 Å². The lowest BCUT2D eigenvalue weighted by Gasteiger charge is -2.29. The van der Waals surface area contributed by atoms with Gasteiger partial charge in [0.05, 0.1) is 17.8 Å². The van der Waals surface area contributed by atoms with Gasteiger partial charge in [0.15, 0.2) is 5.11 Å². The molecule has 1 saturated carbocycles. The lowest BCUT2D eigenvalue weighted by Crippen LogP contribution is -2.30. The molecule has 0 spiro atoms. The summed E-state index contributed by atoms with van der Waals surface area (Å²) in [6.45, 7) is 2.11. The maximum Gasteiger partial charge on any atom is 0.174 e. The molecule has 3 heterocycles. The number of aromatic nitrogens is 2. The molecule has 0 radical (unpaired) electrons. The van der Waals surface area contributed by atoms with Gasteiger partial charge in [-0.1, -0.05) is 23.8 Å². The molecule has 1 saturated heterocycles. The Morgan fingerprint density at radius 3 is 2.36 bits per heavy atom. The van der Waals surface area contributed by atoms with Crippen molar-refractivity contribution >= 4 is 23.0 Å². The zero-order valence-electron chi connectivity index (χ0n) is 20.4. The van der Waals surface area contributed by atoms with Crippen LogP contribution in [0.25, 0.3) is 5.69 Å². The van der Waals surface area contributed by atoms with Crippen LogP contribution in [0.2, 0.25) is 0 Å². The van der Waals surface area contributed by atoms with Crippen LogP contribution in [-0.2, 0) is 0 Å². The summed E-state index contributed by atoms with van der Waals surface area (Å²) < 4.78 is 8.47. The highest BCUT2D eigenvalue weighted by Crippen LogP contribution is 2.42. The first kappa shape index (κ1) is 22.8. The Morgan fingerprint density at radius 2 is 1.64 bits per heavy atom. The predicted octanol–water partition coefficient (Wildman–Crippen LogP) is 6.68. The van der Waals surface area contributed by atoms with E-state index in [1.807, 2.05) is 18.3 Å². The highest BCUT2D eigenvalue weighted by molar-refractivity contribution is 7.80. The van der Waals surface area contributed by atoms with Gasteiger partial charge in [0, 0.05) is 29.5 Å². The second-order valence-electron chi connectivity index (χ2n) is 9.65. The SMILES string of the molecule is Cc1ccc(-n2cccc2[C@@H]2[C@@H](c3ccccn3)NC(=S)N2c2ccc(OC3CCCC3)cc2)cc1. The first-order valence-corrected chi connectivity index (χ1v) is 13.1. The molecule has 1 aliphatic carbocycles. The summed E-state index contributed by atoms with van der Waals surface area (Å²) in [5, 5.41) is 4.26. The standard InChI is InChI=1S/C30H30N4OS/c1-21-11-13-22(14-12-21)33-20-6-10-27(33)29-28(26-9-4-5-19-31-26)32-30(36)34(29)23-15-17-25(18-16-23)35-24-7-2-3-8-24/h4-6,9-20,24,28-29H,2-3,7-8H2,1H3,(H,32,36)/t28-,29-/m1/s1. The van der Waals surface area contributed by atoms with E-state index in [1.165, 1.54) is 18.4 Å². The summed E-state index contributed by atoms with van der Waals surface area (Å²) in [5.41, 5.74) is 5.51. The van der Waals surface area contributed by atoms with E-state index in [9.17, 15) is 0 Å². The molecule has 1 aliphatic heterocycles. The number of hydrogen-bond donors (Lipinski definition) is 1. The molecule has 2 atom stereocenters. The monoisotopic (exact) mass is 494 g/mol. The number of thiocarbonyl (C=S) groups is 1. The van der Waals surface area contributed by atoms with Crippen LogP contribution in [0.5, 0.6) is 5.75 Å². The number of nitrogens with zero attached hydrogens (tertiary/aromatic N) is 3. The third kappa shape index (κ3) is 4.37. The van der Waals surface area contributed by atoms with Crippen LogP contribution in [0.1, 0.15) is 54.7 Å². The van der Waals surface area contributed by atoms with Crippen molar-refractivity contribution < 1.29 is 4.74 Å². The van der Waals surface area contributed by atoms with Gasteiger partial charge in [-0.2, -0.15) is 0 Å². The molecule has 2 aromatic heterocycles. The van der Waals surface area contributed by atoms with Gasteiger partial charge in [0.25, 0.3) is 0 Å². The average molecular weight is 495 g/mol. The number of aryl methyl sites for hydroxylation is 1.